The van der Waals surface area contributed by atoms with Gasteiger partial charge in [-0.15, -0.1) is 0 Å². The van der Waals surface area contributed by atoms with Crippen LogP contribution in [0.2, 0.25) is 0 Å². The van der Waals surface area contributed by atoms with Gasteiger partial charge >= 0.3 is 5.97 Å². The van der Waals surface area contributed by atoms with Crippen molar-refractivity contribution >= 4 is 16.0 Å². The Morgan fingerprint density at radius 1 is 1.20 bits per heavy atom. The van der Waals surface area contributed by atoms with Crippen LogP contribution >= 0.6 is 0 Å². The fourth-order valence-electron chi connectivity index (χ4n) is 3.03. The number of nitrogens with zero attached hydrogens (tertiary/aromatic N) is 1. The molecular weight excluding hydrogens is 346 g/mol. The maximum Gasteiger partial charge on any atom is 0.324 e. The molecule has 8 heteroatoms. The van der Waals surface area contributed by atoms with Gasteiger partial charge in [-0.25, -0.2) is 8.42 Å². The molecule has 0 saturated carbocycles. The lowest BCUT2D eigenvalue weighted by molar-refractivity contribution is -0.148. The molecule has 0 bridgehead atoms. The summed E-state index contributed by atoms with van der Waals surface area (Å²) in [5.41, 5.74) is 0.533. The number of methoxy groups -OCH3 is 2. The zero-order valence-corrected chi connectivity index (χ0v) is 15.9. The zero-order chi connectivity index (χ0) is 18.6. The van der Waals surface area contributed by atoms with Gasteiger partial charge in [0.05, 0.1) is 25.7 Å². The van der Waals surface area contributed by atoms with E-state index in [4.69, 9.17) is 14.2 Å². The highest BCUT2D eigenvalue weighted by Gasteiger charge is 2.39. The molecule has 0 aromatic heterocycles. The lowest BCUT2D eigenvalue weighted by Gasteiger charge is -2.33. The molecule has 0 N–H and O–H groups in total. The van der Waals surface area contributed by atoms with Crippen molar-refractivity contribution < 1.29 is 27.4 Å². The summed E-state index contributed by atoms with van der Waals surface area (Å²) in [4.78, 5) is 12.3. The van der Waals surface area contributed by atoms with Crippen molar-refractivity contribution in [3.8, 4) is 11.5 Å². The van der Waals surface area contributed by atoms with Crippen LogP contribution in [0.5, 0.6) is 11.5 Å². The Labute approximate surface area is 148 Å². The highest BCUT2D eigenvalue weighted by Crippen LogP contribution is 2.35. The molecule has 0 unspecified atom stereocenters. The molecular formula is C17H25NO6S. The first kappa shape index (κ1) is 19.5. The van der Waals surface area contributed by atoms with Crippen molar-refractivity contribution in [2.45, 2.75) is 44.0 Å². The van der Waals surface area contributed by atoms with E-state index in [1.165, 1.54) is 24.6 Å². The van der Waals surface area contributed by atoms with Crippen molar-refractivity contribution in [3.05, 3.63) is 17.7 Å². The van der Waals surface area contributed by atoms with E-state index < -0.39 is 22.0 Å². The molecule has 1 aliphatic rings. The summed E-state index contributed by atoms with van der Waals surface area (Å²) >= 11 is 0. The number of rotatable bonds is 6. The highest BCUT2D eigenvalue weighted by atomic mass is 32.2. The molecule has 7 nitrogen and oxygen atoms in total. The predicted molar refractivity (Wildman–Crippen MR) is 92.4 cm³/mol. The number of hydrogen-bond donors (Lipinski definition) is 0. The molecule has 1 aromatic rings. The van der Waals surface area contributed by atoms with E-state index in [2.05, 4.69) is 0 Å². The minimum atomic E-state index is -3.87. The number of carbonyl (C=O) groups excluding carboxylic acids is 1. The van der Waals surface area contributed by atoms with Crippen molar-refractivity contribution in [3.63, 3.8) is 0 Å². The van der Waals surface area contributed by atoms with E-state index >= 15 is 0 Å². The van der Waals surface area contributed by atoms with Crippen LogP contribution in [0, 0.1) is 6.92 Å². The Bertz CT molecular complexity index is 731. The van der Waals surface area contributed by atoms with Gasteiger partial charge in [-0.2, -0.15) is 4.31 Å². The largest absolute Gasteiger partial charge is 0.493 e. The number of carbonyl (C=O) groups is 1. The topological polar surface area (TPSA) is 82.1 Å². The average Bonchev–Trinajstić information content (AvgIpc) is 2.61. The number of piperidine rings is 1. The van der Waals surface area contributed by atoms with Gasteiger partial charge in [-0.05, 0) is 44.7 Å². The fourth-order valence-corrected chi connectivity index (χ4v) is 4.90. The molecule has 0 amide bonds. The zero-order valence-electron chi connectivity index (χ0n) is 15.1. The van der Waals surface area contributed by atoms with Gasteiger partial charge < -0.3 is 14.2 Å². The average molecular weight is 371 g/mol. The SMILES string of the molecule is CCOC(=O)[C@@H]1CCCCN1S(=O)(=O)c1cc(OC)c(OC)cc1C. The van der Waals surface area contributed by atoms with Crippen molar-refractivity contribution in [1.29, 1.82) is 0 Å². The highest BCUT2D eigenvalue weighted by molar-refractivity contribution is 7.89. The van der Waals surface area contributed by atoms with E-state index in [0.29, 0.717) is 36.4 Å². The summed E-state index contributed by atoms with van der Waals surface area (Å²) in [5, 5.41) is 0. The third-order valence-electron chi connectivity index (χ3n) is 4.28. The molecule has 1 aliphatic heterocycles. The third-order valence-corrected chi connectivity index (χ3v) is 6.33. The Balaban J connectivity index is 2.47. The van der Waals surface area contributed by atoms with E-state index in [9.17, 15) is 13.2 Å². The van der Waals surface area contributed by atoms with Gasteiger partial charge in [0.2, 0.25) is 10.0 Å². The number of aryl methyl sites for hydroxylation is 1. The molecule has 1 saturated heterocycles. The smallest absolute Gasteiger partial charge is 0.324 e. The summed E-state index contributed by atoms with van der Waals surface area (Å²) < 4.78 is 43.2. The molecule has 0 aliphatic carbocycles. The van der Waals surface area contributed by atoms with Crippen molar-refractivity contribution in [1.82, 2.24) is 4.31 Å². The standard InChI is InChI=1S/C17H25NO6S/c1-5-24-17(19)13-8-6-7-9-18(13)25(20,21)16-11-15(23-4)14(22-3)10-12(16)2/h10-11,13H,5-9H2,1-4H3/t13-/m0/s1. The second-order valence-corrected chi connectivity index (χ2v) is 7.71. The number of ether oxygens (including phenoxy) is 3. The number of hydrogen-bond acceptors (Lipinski definition) is 6. The lowest BCUT2D eigenvalue weighted by atomic mass is 10.1. The quantitative estimate of drug-likeness (QED) is 0.713. The van der Waals surface area contributed by atoms with Crippen LogP contribution in [0.15, 0.2) is 17.0 Å². The molecule has 1 aromatic carbocycles. The van der Waals surface area contributed by atoms with Crippen LogP contribution in [0.1, 0.15) is 31.7 Å². The second-order valence-electron chi connectivity index (χ2n) is 5.85. The van der Waals surface area contributed by atoms with Gasteiger partial charge in [0, 0.05) is 12.6 Å². The minimum Gasteiger partial charge on any atom is -0.493 e. The van der Waals surface area contributed by atoms with Crippen LogP contribution in [0.25, 0.3) is 0 Å². The molecule has 140 valence electrons. The van der Waals surface area contributed by atoms with Crippen LogP contribution in [0.4, 0.5) is 0 Å². The fraction of sp³-hybridized carbons (Fsp3) is 0.588. The van der Waals surface area contributed by atoms with Gasteiger partial charge in [-0.1, -0.05) is 0 Å². The Morgan fingerprint density at radius 3 is 2.44 bits per heavy atom. The third kappa shape index (κ3) is 3.90. The van der Waals surface area contributed by atoms with Gasteiger partial charge in [0.15, 0.2) is 11.5 Å². The summed E-state index contributed by atoms with van der Waals surface area (Å²) in [7, 11) is -0.923. The number of benzene rings is 1. The maximum absolute atomic E-state index is 13.2. The van der Waals surface area contributed by atoms with Crippen molar-refractivity contribution in [2.24, 2.45) is 0 Å². The molecule has 2 rings (SSSR count). The van der Waals surface area contributed by atoms with Gasteiger partial charge in [0.25, 0.3) is 0 Å². The van der Waals surface area contributed by atoms with E-state index in [0.717, 1.165) is 6.42 Å². The molecule has 0 radical (unpaired) electrons. The normalized spacial score (nSPS) is 18.6. The Morgan fingerprint density at radius 2 is 1.84 bits per heavy atom. The second kappa shape index (κ2) is 8.05. The summed E-state index contributed by atoms with van der Waals surface area (Å²) in [6.07, 6.45) is 1.96. The van der Waals surface area contributed by atoms with Crippen molar-refractivity contribution in [2.75, 3.05) is 27.4 Å². The molecule has 0 spiro atoms. The number of esters is 1. The van der Waals surface area contributed by atoms with Gasteiger partial charge in [0.1, 0.15) is 6.04 Å². The number of sulfonamides is 1. The Hall–Kier alpha value is -1.80. The summed E-state index contributed by atoms with van der Waals surface area (Å²) in [5.74, 6) is 0.291. The first-order chi connectivity index (χ1) is 11.9. The summed E-state index contributed by atoms with van der Waals surface area (Å²) in [6.45, 7) is 3.91. The molecule has 25 heavy (non-hydrogen) atoms. The Kier molecular flexibility index (Phi) is 6.29. The molecule has 1 atom stereocenters. The van der Waals surface area contributed by atoms with E-state index in [1.807, 2.05) is 0 Å². The van der Waals surface area contributed by atoms with E-state index in [-0.39, 0.29) is 11.5 Å². The first-order valence-electron chi connectivity index (χ1n) is 8.27. The predicted octanol–water partition coefficient (Wildman–Crippen LogP) is 2.12. The minimum absolute atomic E-state index is 0.112. The maximum atomic E-state index is 13.2. The van der Waals surface area contributed by atoms with Gasteiger partial charge in [-0.3, -0.25) is 4.79 Å². The van der Waals surface area contributed by atoms with E-state index in [1.54, 1.807) is 19.9 Å². The molecule has 1 heterocycles. The monoisotopic (exact) mass is 371 g/mol. The van der Waals surface area contributed by atoms with Crippen LogP contribution < -0.4 is 9.47 Å². The van der Waals surface area contributed by atoms with Crippen LogP contribution in [-0.4, -0.2) is 52.1 Å². The summed E-state index contributed by atoms with van der Waals surface area (Å²) in [6, 6.07) is 2.28. The molecule has 1 fully saturated rings. The van der Waals surface area contributed by atoms with Crippen LogP contribution in [0.3, 0.4) is 0 Å². The lowest BCUT2D eigenvalue weighted by Crippen LogP contribution is -2.48. The first-order valence-corrected chi connectivity index (χ1v) is 9.71. The van der Waals surface area contributed by atoms with Crippen LogP contribution in [-0.2, 0) is 19.6 Å².